The first-order chi connectivity index (χ1) is 8.69. The number of rotatable bonds is 3. The zero-order valence-corrected chi connectivity index (χ0v) is 10.6. The summed E-state index contributed by atoms with van der Waals surface area (Å²) in [4.78, 5) is 10.6. The largest absolute Gasteiger partial charge is 0.298 e. The molecule has 2 nitrogen and oxygen atoms in total. The van der Waals surface area contributed by atoms with Crippen molar-refractivity contribution in [3.63, 3.8) is 0 Å². The molecular weight excluding hydrogens is 222 g/mol. The second-order valence-corrected chi connectivity index (χ2v) is 4.36. The number of hydrogen-bond acceptors (Lipinski definition) is 1. The zero-order chi connectivity index (χ0) is 13.0. The van der Waals surface area contributed by atoms with Crippen LogP contribution in [0, 0.1) is 6.92 Å². The van der Waals surface area contributed by atoms with Crippen LogP contribution in [-0.2, 0) is 7.05 Å². The number of nitrogens with zero attached hydrogens (tertiary/aromatic N) is 1. The Bertz CT molecular complexity index is 583. The van der Waals surface area contributed by atoms with Gasteiger partial charge < -0.3 is 0 Å². The fourth-order valence-electron chi connectivity index (χ4n) is 1.80. The Balaban J connectivity index is 2.21. The standard InChI is InChI=1S/C16H16NO/c1-13-3-9-16(17(2)11-13)10-8-14-4-6-15(12-18)7-5-14/h3-12H,1-2H3/q+1. The van der Waals surface area contributed by atoms with Gasteiger partial charge in [-0.2, -0.15) is 0 Å². The number of hydrogen-bond donors (Lipinski definition) is 0. The highest BCUT2D eigenvalue weighted by Crippen LogP contribution is 2.07. The van der Waals surface area contributed by atoms with Crippen LogP contribution in [0.2, 0.25) is 0 Å². The van der Waals surface area contributed by atoms with Crippen LogP contribution in [-0.4, -0.2) is 6.29 Å². The third kappa shape index (κ3) is 2.92. The summed E-state index contributed by atoms with van der Waals surface area (Å²) in [6, 6.07) is 11.7. The maximum atomic E-state index is 10.6. The van der Waals surface area contributed by atoms with Gasteiger partial charge in [0.1, 0.15) is 13.3 Å². The number of aryl methyl sites for hydroxylation is 2. The first kappa shape index (κ1) is 12.2. The summed E-state index contributed by atoms with van der Waals surface area (Å²) in [6.45, 7) is 2.08. The van der Waals surface area contributed by atoms with E-state index < -0.39 is 0 Å². The predicted molar refractivity (Wildman–Crippen MR) is 73.1 cm³/mol. The molecule has 2 rings (SSSR count). The SMILES string of the molecule is Cc1ccc(C=Cc2ccc(C=O)cc2)[n+](C)c1. The van der Waals surface area contributed by atoms with E-state index in [-0.39, 0.29) is 0 Å². The highest BCUT2D eigenvalue weighted by molar-refractivity contribution is 5.76. The lowest BCUT2D eigenvalue weighted by Crippen LogP contribution is -2.31. The quantitative estimate of drug-likeness (QED) is 0.595. The van der Waals surface area contributed by atoms with E-state index in [2.05, 4.69) is 35.9 Å². The Morgan fingerprint density at radius 2 is 1.61 bits per heavy atom. The van der Waals surface area contributed by atoms with E-state index in [4.69, 9.17) is 0 Å². The van der Waals surface area contributed by atoms with Crippen LogP contribution in [0.4, 0.5) is 0 Å². The molecule has 1 aromatic heterocycles. The van der Waals surface area contributed by atoms with Crippen molar-refractivity contribution < 1.29 is 9.36 Å². The van der Waals surface area contributed by atoms with Crippen molar-refractivity contribution in [1.29, 1.82) is 0 Å². The van der Waals surface area contributed by atoms with Crippen LogP contribution in [0.1, 0.15) is 27.2 Å². The fraction of sp³-hybridized carbons (Fsp3) is 0.125. The number of pyridine rings is 1. The Morgan fingerprint density at radius 3 is 2.22 bits per heavy atom. The average molecular weight is 238 g/mol. The summed E-state index contributed by atoms with van der Waals surface area (Å²) in [6.07, 6.45) is 7.05. The lowest BCUT2D eigenvalue weighted by molar-refractivity contribution is -0.673. The molecule has 90 valence electrons. The summed E-state index contributed by atoms with van der Waals surface area (Å²) >= 11 is 0. The summed E-state index contributed by atoms with van der Waals surface area (Å²) < 4.78 is 2.09. The van der Waals surface area contributed by atoms with Gasteiger partial charge in [0.25, 0.3) is 0 Å². The van der Waals surface area contributed by atoms with Crippen LogP contribution >= 0.6 is 0 Å². The van der Waals surface area contributed by atoms with Gasteiger partial charge in [-0.3, -0.25) is 4.79 Å². The van der Waals surface area contributed by atoms with E-state index in [1.807, 2.05) is 37.4 Å². The maximum absolute atomic E-state index is 10.6. The molecular formula is C16H16NO+. The molecule has 0 saturated heterocycles. The Labute approximate surface area is 107 Å². The van der Waals surface area contributed by atoms with Gasteiger partial charge >= 0.3 is 0 Å². The number of carbonyl (C=O) groups excluding carboxylic acids is 1. The van der Waals surface area contributed by atoms with Crippen LogP contribution < -0.4 is 4.57 Å². The van der Waals surface area contributed by atoms with Crippen LogP contribution in [0.3, 0.4) is 0 Å². The monoisotopic (exact) mass is 238 g/mol. The lowest BCUT2D eigenvalue weighted by atomic mass is 10.1. The minimum Gasteiger partial charge on any atom is -0.298 e. The average Bonchev–Trinajstić information content (AvgIpc) is 2.38. The third-order valence-electron chi connectivity index (χ3n) is 2.84. The number of benzene rings is 1. The van der Waals surface area contributed by atoms with Gasteiger partial charge in [0.15, 0.2) is 6.20 Å². The van der Waals surface area contributed by atoms with Gasteiger partial charge in [-0.05, 0) is 24.6 Å². The number of aldehydes is 1. The summed E-state index contributed by atoms with van der Waals surface area (Å²) in [7, 11) is 2.03. The van der Waals surface area contributed by atoms with Gasteiger partial charge in [0, 0.05) is 23.3 Å². The van der Waals surface area contributed by atoms with Gasteiger partial charge in [-0.1, -0.05) is 24.3 Å². The number of carbonyl (C=O) groups is 1. The highest BCUT2D eigenvalue weighted by Gasteiger charge is 2.01. The second kappa shape index (κ2) is 5.41. The first-order valence-corrected chi connectivity index (χ1v) is 5.88. The Hall–Kier alpha value is -2.22. The summed E-state index contributed by atoms with van der Waals surface area (Å²) in [5.41, 5.74) is 4.17. The maximum Gasteiger partial charge on any atom is 0.204 e. The van der Waals surface area contributed by atoms with E-state index in [9.17, 15) is 4.79 Å². The molecule has 1 heterocycles. The van der Waals surface area contributed by atoms with Crippen molar-refractivity contribution in [2.45, 2.75) is 6.92 Å². The fourth-order valence-corrected chi connectivity index (χ4v) is 1.80. The molecule has 2 heteroatoms. The van der Waals surface area contributed by atoms with Crippen molar-refractivity contribution >= 4 is 18.4 Å². The minimum atomic E-state index is 0.702. The number of aromatic nitrogens is 1. The van der Waals surface area contributed by atoms with Crippen molar-refractivity contribution in [3.8, 4) is 0 Å². The molecule has 0 aliphatic rings. The second-order valence-electron chi connectivity index (χ2n) is 4.36. The zero-order valence-electron chi connectivity index (χ0n) is 10.6. The van der Waals surface area contributed by atoms with E-state index >= 15 is 0 Å². The molecule has 0 saturated carbocycles. The lowest BCUT2D eigenvalue weighted by Gasteiger charge is -1.96. The molecule has 0 unspecified atom stereocenters. The van der Waals surface area contributed by atoms with Gasteiger partial charge in [0.2, 0.25) is 5.69 Å². The summed E-state index contributed by atoms with van der Waals surface area (Å²) in [5.74, 6) is 0. The molecule has 0 fully saturated rings. The van der Waals surface area contributed by atoms with Crippen molar-refractivity contribution in [1.82, 2.24) is 0 Å². The molecule has 0 bridgehead atoms. The topological polar surface area (TPSA) is 20.9 Å². The Morgan fingerprint density at radius 1 is 0.944 bits per heavy atom. The van der Waals surface area contributed by atoms with Crippen molar-refractivity contribution in [3.05, 3.63) is 65.0 Å². The third-order valence-corrected chi connectivity index (χ3v) is 2.84. The van der Waals surface area contributed by atoms with E-state index in [0.717, 1.165) is 17.5 Å². The van der Waals surface area contributed by atoms with E-state index in [0.29, 0.717) is 5.56 Å². The molecule has 0 aliphatic heterocycles. The molecule has 0 N–H and O–H groups in total. The van der Waals surface area contributed by atoms with Crippen LogP contribution in [0.25, 0.3) is 12.2 Å². The molecule has 0 spiro atoms. The molecule has 0 aliphatic carbocycles. The van der Waals surface area contributed by atoms with Crippen LogP contribution in [0.5, 0.6) is 0 Å². The molecule has 0 atom stereocenters. The summed E-state index contributed by atoms with van der Waals surface area (Å²) in [5, 5.41) is 0. The molecule has 0 amide bonds. The van der Waals surface area contributed by atoms with Crippen molar-refractivity contribution in [2.75, 3.05) is 0 Å². The van der Waals surface area contributed by atoms with Gasteiger partial charge in [0.05, 0.1) is 0 Å². The van der Waals surface area contributed by atoms with E-state index in [1.165, 1.54) is 5.56 Å². The smallest absolute Gasteiger partial charge is 0.204 e. The molecule has 2 aromatic rings. The minimum absolute atomic E-state index is 0.702. The molecule has 0 radical (unpaired) electrons. The van der Waals surface area contributed by atoms with Crippen molar-refractivity contribution in [2.24, 2.45) is 7.05 Å². The van der Waals surface area contributed by atoms with E-state index in [1.54, 1.807) is 0 Å². The van der Waals surface area contributed by atoms with Crippen LogP contribution in [0.15, 0.2) is 42.6 Å². The van der Waals surface area contributed by atoms with Gasteiger partial charge in [-0.25, -0.2) is 4.57 Å². The first-order valence-electron chi connectivity index (χ1n) is 5.88. The normalized spacial score (nSPS) is 10.8. The highest BCUT2D eigenvalue weighted by atomic mass is 16.1. The molecule has 1 aromatic carbocycles. The Kier molecular flexibility index (Phi) is 3.68. The predicted octanol–water partition coefficient (Wildman–Crippen LogP) is 2.80. The van der Waals surface area contributed by atoms with Gasteiger partial charge in [-0.15, -0.1) is 0 Å². The molecule has 18 heavy (non-hydrogen) atoms.